The van der Waals surface area contributed by atoms with Crippen LogP contribution in [-0.2, 0) is 0 Å². The van der Waals surface area contributed by atoms with Crippen molar-refractivity contribution in [2.24, 2.45) is 0 Å². The average Bonchev–Trinajstić information content (AvgIpc) is 2.16. The maximum Gasteiger partial charge on any atom is 0.0755 e. The Balaban J connectivity index is 2.74. The number of anilines is 1. The third kappa shape index (κ3) is 3.29. The van der Waals surface area contributed by atoms with Crippen LogP contribution in [-0.4, -0.2) is 12.1 Å². The van der Waals surface area contributed by atoms with E-state index < -0.39 is 0 Å². The van der Waals surface area contributed by atoms with E-state index in [1.807, 2.05) is 12.1 Å². The van der Waals surface area contributed by atoms with Gasteiger partial charge in [-0.1, -0.05) is 11.6 Å². The highest BCUT2D eigenvalue weighted by Gasteiger charge is 2.00. The van der Waals surface area contributed by atoms with Crippen LogP contribution in [0.1, 0.15) is 0 Å². The number of nitrogens with one attached hydrogen (secondary N) is 1. The van der Waals surface area contributed by atoms with Crippen molar-refractivity contribution in [1.82, 2.24) is 0 Å². The van der Waals surface area contributed by atoms with Crippen molar-refractivity contribution < 1.29 is 3.89 Å². The number of hydrogen-bond acceptors (Lipinski definition) is 3. The molecule has 0 aromatic heterocycles. The smallest absolute Gasteiger partial charge is 0.0755 e. The molecule has 1 rings (SSSR count). The quantitative estimate of drug-likeness (QED) is 0.627. The highest BCUT2D eigenvalue weighted by atomic mass is 35.5. The maximum absolute atomic E-state index is 11.8. The molecule has 0 unspecified atom stereocenters. The summed E-state index contributed by atoms with van der Waals surface area (Å²) in [5.41, 5.74) is 0.871. The van der Waals surface area contributed by atoms with Gasteiger partial charge in [-0.15, -0.1) is 11.8 Å². The fraction of sp³-hybridized carbons (Fsp3) is 0.250. The molecule has 1 aromatic carbocycles. The van der Waals surface area contributed by atoms with Crippen LogP contribution < -0.4 is 5.32 Å². The first-order chi connectivity index (χ1) is 6.27. The molecule has 0 aliphatic carbocycles. The van der Waals surface area contributed by atoms with Gasteiger partial charge in [0.05, 0.1) is 27.9 Å². The normalized spacial score (nSPS) is 10.1. The number of benzene rings is 1. The van der Waals surface area contributed by atoms with Crippen LogP contribution in [0.2, 0.25) is 5.02 Å². The molecule has 0 fully saturated rings. The molecule has 0 bridgehead atoms. The first kappa shape index (κ1) is 11.0. The molecule has 0 atom stereocenters. The summed E-state index contributed by atoms with van der Waals surface area (Å²) in [6.07, 6.45) is 0. The molecule has 13 heavy (non-hydrogen) atoms. The van der Waals surface area contributed by atoms with Gasteiger partial charge in [-0.25, -0.2) is 0 Å². The van der Waals surface area contributed by atoms with E-state index in [2.05, 4.69) is 5.32 Å². The van der Waals surface area contributed by atoms with Gasteiger partial charge in [0.2, 0.25) is 0 Å². The van der Waals surface area contributed by atoms with Crippen LogP contribution in [0.5, 0.6) is 0 Å². The van der Waals surface area contributed by atoms with Crippen molar-refractivity contribution in [3.05, 3.63) is 23.2 Å². The van der Waals surface area contributed by atoms with E-state index in [1.165, 1.54) is 11.8 Å². The molecule has 0 saturated carbocycles. The minimum atomic E-state index is 0.324. The molecule has 72 valence electrons. The lowest BCUT2D eigenvalue weighted by Gasteiger charge is -2.05. The lowest BCUT2D eigenvalue weighted by Crippen LogP contribution is -1.88. The standard InChI is InChI=1S/C8H9ClFNS2/c1-11-8-4-6(12-5-13-10)2-3-7(8)9/h2-4,11H,5H2,1H3. The summed E-state index contributed by atoms with van der Waals surface area (Å²) < 4.78 is 11.8. The van der Waals surface area contributed by atoms with Crippen molar-refractivity contribution in [2.75, 3.05) is 17.4 Å². The van der Waals surface area contributed by atoms with Crippen LogP contribution in [0.3, 0.4) is 0 Å². The van der Waals surface area contributed by atoms with E-state index in [1.54, 1.807) is 13.1 Å². The lowest BCUT2D eigenvalue weighted by molar-refractivity contribution is 0.943. The monoisotopic (exact) mass is 237 g/mol. The Morgan fingerprint density at radius 3 is 2.92 bits per heavy atom. The zero-order chi connectivity index (χ0) is 9.68. The largest absolute Gasteiger partial charge is 0.387 e. The Morgan fingerprint density at radius 1 is 1.54 bits per heavy atom. The Kier molecular flexibility index (Phi) is 4.77. The Labute approximate surface area is 90.7 Å². The Hall–Kier alpha value is -0.0600. The molecule has 5 heteroatoms. The van der Waals surface area contributed by atoms with E-state index in [4.69, 9.17) is 11.6 Å². The highest BCUT2D eigenvalue weighted by Crippen LogP contribution is 2.29. The zero-order valence-corrected chi connectivity index (χ0v) is 9.40. The summed E-state index contributed by atoms with van der Waals surface area (Å²) in [4.78, 5) is 1.01. The molecule has 0 aliphatic rings. The van der Waals surface area contributed by atoms with Gasteiger partial charge >= 0.3 is 0 Å². The van der Waals surface area contributed by atoms with Crippen LogP contribution in [0, 0.1) is 0 Å². The first-order valence-corrected chi connectivity index (χ1v) is 5.86. The Bertz CT molecular complexity index is 283. The van der Waals surface area contributed by atoms with Crippen LogP contribution >= 0.6 is 35.5 Å². The summed E-state index contributed by atoms with van der Waals surface area (Å²) in [7, 11) is 1.81. The van der Waals surface area contributed by atoms with Gasteiger partial charge in [-0.05, 0) is 18.2 Å². The molecular formula is C8H9ClFNS2. The van der Waals surface area contributed by atoms with E-state index in [9.17, 15) is 3.89 Å². The predicted octanol–water partition coefficient (Wildman–Crippen LogP) is 4.05. The number of rotatable bonds is 4. The Morgan fingerprint density at radius 2 is 2.31 bits per heavy atom. The van der Waals surface area contributed by atoms with Crippen LogP contribution in [0.15, 0.2) is 23.1 Å². The molecule has 0 heterocycles. The molecule has 0 saturated heterocycles. The second-order valence-corrected chi connectivity index (χ2v) is 4.59. The van der Waals surface area contributed by atoms with Gasteiger partial charge in [0, 0.05) is 11.9 Å². The van der Waals surface area contributed by atoms with Crippen LogP contribution in [0.25, 0.3) is 0 Å². The zero-order valence-electron chi connectivity index (χ0n) is 7.01. The lowest BCUT2D eigenvalue weighted by atomic mass is 10.3. The van der Waals surface area contributed by atoms with Crippen molar-refractivity contribution >= 4 is 41.2 Å². The fourth-order valence-electron chi connectivity index (χ4n) is 0.876. The average molecular weight is 238 g/mol. The SMILES string of the molecule is CNc1cc(SCSF)ccc1Cl. The minimum absolute atomic E-state index is 0.324. The molecule has 1 N–H and O–H groups in total. The third-order valence-corrected chi connectivity index (χ3v) is 3.22. The van der Waals surface area contributed by atoms with Crippen LogP contribution in [0.4, 0.5) is 9.57 Å². The van der Waals surface area contributed by atoms with Gasteiger partial charge in [-0.3, -0.25) is 0 Å². The van der Waals surface area contributed by atoms with Crippen molar-refractivity contribution in [3.63, 3.8) is 0 Å². The minimum Gasteiger partial charge on any atom is -0.387 e. The second-order valence-electron chi connectivity index (χ2n) is 2.26. The summed E-state index contributed by atoms with van der Waals surface area (Å²) in [6, 6.07) is 5.59. The number of halogens is 2. The van der Waals surface area contributed by atoms with Gasteiger partial charge in [0.15, 0.2) is 0 Å². The van der Waals surface area contributed by atoms with E-state index in [0.717, 1.165) is 10.6 Å². The summed E-state index contributed by atoms with van der Waals surface area (Å²) in [5, 5.41) is 4.05. The second kappa shape index (κ2) is 5.62. The molecular weight excluding hydrogens is 229 g/mol. The topological polar surface area (TPSA) is 12.0 Å². The molecule has 1 nitrogen and oxygen atoms in total. The fourth-order valence-corrected chi connectivity index (χ4v) is 2.18. The third-order valence-electron chi connectivity index (χ3n) is 1.48. The number of hydrogen-bond donors (Lipinski definition) is 1. The van der Waals surface area contributed by atoms with E-state index >= 15 is 0 Å². The predicted molar refractivity (Wildman–Crippen MR) is 60.4 cm³/mol. The molecule has 0 spiro atoms. The van der Waals surface area contributed by atoms with Crippen molar-refractivity contribution in [1.29, 1.82) is 0 Å². The van der Waals surface area contributed by atoms with Gasteiger partial charge < -0.3 is 5.32 Å². The van der Waals surface area contributed by atoms with Crippen molar-refractivity contribution in [2.45, 2.75) is 4.90 Å². The summed E-state index contributed by atoms with van der Waals surface area (Å²) in [5.74, 6) is 0. The van der Waals surface area contributed by atoms with Gasteiger partial charge in [-0.2, -0.15) is 3.89 Å². The molecule has 0 radical (unpaired) electrons. The van der Waals surface area contributed by atoms with Gasteiger partial charge in [0.25, 0.3) is 0 Å². The summed E-state index contributed by atoms with van der Waals surface area (Å²) >= 11 is 7.65. The summed E-state index contributed by atoms with van der Waals surface area (Å²) in [6.45, 7) is 0. The molecule has 1 aromatic rings. The van der Waals surface area contributed by atoms with Gasteiger partial charge in [0.1, 0.15) is 0 Å². The van der Waals surface area contributed by atoms with Crippen molar-refractivity contribution in [3.8, 4) is 0 Å². The number of thioether (sulfide) groups is 1. The maximum atomic E-state index is 11.8. The molecule has 0 aliphatic heterocycles. The first-order valence-electron chi connectivity index (χ1n) is 3.61. The highest BCUT2D eigenvalue weighted by molar-refractivity contribution is 8.13. The molecule has 0 amide bonds. The van der Waals surface area contributed by atoms with E-state index in [0.29, 0.717) is 22.3 Å². The van der Waals surface area contributed by atoms with E-state index in [-0.39, 0.29) is 0 Å².